The van der Waals surface area contributed by atoms with Gasteiger partial charge < -0.3 is 10.2 Å². The molecular weight excluding hydrogens is 276 g/mol. The van der Waals surface area contributed by atoms with E-state index in [1.807, 2.05) is 11.8 Å². The molecule has 0 aromatic carbocycles. The first kappa shape index (κ1) is 14.9. The Morgan fingerprint density at radius 3 is 2.60 bits per heavy atom. The summed E-state index contributed by atoms with van der Waals surface area (Å²) >= 11 is 1.37. The van der Waals surface area contributed by atoms with Crippen LogP contribution >= 0.6 is 11.3 Å². The number of hydrogen-bond donors (Lipinski definition) is 1. The Morgan fingerprint density at radius 1 is 1.20 bits per heavy atom. The van der Waals surface area contributed by atoms with E-state index >= 15 is 0 Å². The second-order valence-corrected chi connectivity index (χ2v) is 5.91. The molecule has 1 N–H and O–H groups in total. The van der Waals surface area contributed by atoms with Gasteiger partial charge in [0.25, 0.3) is 0 Å². The van der Waals surface area contributed by atoms with Crippen LogP contribution in [0, 0.1) is 0 Å². The van der Waals surface area contributed by atoms with E-state index in [0.29, 0.717) is 5.13 Å². The number of amides is 2. The second-order valence-electron chi connectivity index (χ2n) is 4.84. The molecule has 7 heteroatoms. The Hall–Kier alpha value is -1.50. The molecule has 0 unspecified atom stereocenters. The summed E-state index contributed by atoms with van der Waals surface area (Å²) in [5.74, 6) is -0.0967. The molecule has 1 aliphatic heterocycles. The molecule has 0 spiro atoms. The number of nitrogens with zero attached hydrogens (tertiary/aromatic N) is 3. The minimum Gasteiger partial charge on any atom is -0.343 e. The number of nitrogens with one attached hydrogen (secondary N) is 1. The minimum absolute atomic E-state index is 0.0753. The van der Waals surface area contributed by atoms with Crippen molar-refractivity contribution >= 4 is 28.3 Å². The van der Waals surface area contributed by atoms with E-state index in [9.17, 15) is 9.59 Å². The molecule has 2 amide bonds. The third-order valence-corrected chi connectivity index (χ3v) is 4.27. The summed E-state index contributed by atoms with van der Waals surface area (Å²) in [5.41, 5.74) is 0. The number of carbonyl (C=O) groups excluding carboxylic acids is 2. The van der Waals surface area contributed by atoms with E-state index in [-0.39, 0.29) is 24.7 Å². The van der Waals surface area contributed by atoms with Gasteiger partial charge in [0.15, 0.2) is 0 Å². The highest BCUT2D eigenvalue weighted by Gasteiger charge is 2.17. The maximum Gasteiger partial charge on any atom is 0.226 e. The van der Waals surface area contributed by atoms with Crippen LogP contribution in [0.2, 0.25) is 0 Å². The van der Waals surface area contributed by atoms with Crippen molar-refractivity contribution in [2.24, 2.45) is 0 Å². The highest BCUT2D eigenvalue weighted by Crippen LogP contribution is 2.16. The van der Waals surface area contributed by atoms with Crippen LogP contribution in [0.5, 0.6) is 0 Å². The minimum atomic E-state index is -0.172. The lowest BCUT2D eigenvalue weighted by Crippen LogP contribution is -2.35. The molecule has 1 aliphatic rings. The fraction of sp³-hybridized carbons (Fsp3) is 0.692. The van der Waals surface area contributed by atoms with Gasteiger partial charge in [-0.2, -0.15) is 0 Å². The SMILES string of the molecule is CCc1nnc(NC(=O)CCC(=O)N2CCCCC2)s1. The molecule has 1 saturated heterocycles. The summed E-state index contributed by atoms with van der Waals surface area (Å²) in [6.45, 7) is 3.65. The van der Waals surface area contributed by atoms with E-state index in [0.717, 1.165) is 37.4 Å². The fourth-order valence-electron chi connectivity index (χ4n) is 2.15. The van der Waals surface area contributed by atoms with Crippen molar-refractivity contribution in [3.8, 4) is 0 Å². The van der Waals surface area contributed by atoms with Gasteiger partial charge in [0.2, 0.25) is 16.9 Å². The number of carbonyl (C=O) groups is 2. The molecule has 1 aromatic heterocycles. The molecule has 0 saturated carbocycles. The van der Waals surface area contributed by atoms with Crippen molar-refractivity contribution in [3.05, 3.63) is 5.01 Å². The summed E-state index contributed by atoms with van der Waals surface area (Å²) in [4.78, 5) is 25.5. The first-order valence-electron chi connectivity index (χ1n) is 7.09. The lowest BCUT2D eigenvalue weighted by Gasteiger charge is -2.26. The normalized spacial score (nSPS) is 15.2. The topological polar surface area (TPSA) is 75.2 Å². The number of hydrogen-bond acceptors (Lipinski definition) is 5. The van der Waals surface area contributed by atoms with Crippen LogP contribution in [-0.2, 0) is 16.0 Å². The summed E-state index contributed by atoms with van der Waals surface area (Å²) in [6.07, 6.45) is 4.62. The van der Waals surface area contributed by atoms with Crippen LogP contribution in [0.1, 0.15) is 44.0 Å². The maximum atomic E-state index is 11.9. The smallest absolute Gasteiger partial charge is 0.226 e. The zero-order valence-corrected chi connectivity index (χ0v) is 12.5. The Balaban J connectivity index is 1.72. The van der Waals surface area contributed by atoms with Crippen LogP contribution in [0.25, 0.3) is 0 Å². The Labute approximate surface area is 122 Å². The highest BCUT2D eigenvalue weighted by atomic mass is 32.1. The second kappa shape index (κ2) is 7.33. The molecule has 6 nitrogen and oxygen atoms in total. The van der Waals surface area contributed by atoms with E-state index in [2.05, 4.69) is 15.5 Å². The average Bonchev–Trinajstić information content (AvgIpc) is 2.93. The van der Waals surface area contributed by atoms with Crippen molar-refractivity contribution in [3.63, 3.8) is 0 Å². The Bertz CT molecular complexity index is 469. The number of piperidine rings is 1. The van der Waals surface area contributed by atoms with E-state index in [1.165, 1.54) is 17.8 Å². The number of likely N-dealkylation sites (tertiary alicyclic amines) is 1. The molecule has 0 aliphatic carbocycles. The van der Waals surface area contributed by atoms with Gasteiger partial charge in [0.1, 0.15) is 5.01 Å². The monoisotopic (exact) mass is 296 g/mol. The van der Waals surface area contributed by atoms with Crippen molar-refractivity contribution in [1.82, 2.24) is 15.1 Å². The maximum absolute atomic E-state index is 11.9. The summed E-state index contributed by atoms with van der Waals surface area (Å²) in [6, 6.07) is 0. The molecule has 0 radical (unpaired) electrons. The van der Waals surface area contributed by atoms with Crippen LogP contribution in [0.3, 0.4) is 0 Å². The average molecular weight is 296 g/mol. The van der Waals surface area contributed by atoms with Gasteiger partial charge in [0.05, 0.1) is 0 Å². The number of rotatable bonds is 5. The fourth-order valence-corrected chi connectivity index (χ4v) is 2.85. The van der Waals surface area contributed by atoms with Gasteiger partial charge in [-0.1, -0.05) is 18.3 Å². The molecule has 110 valence electrons. The van der Waals surface area contributed by atoms with Gasteiger partial charge in [0, 0.05) is 25.9 Å². The molecule has 1 fully saturated rings. The molecule has 2 heterocycles. The van der Waals surface area contributed by atoms with Crippen LogP contribution in [0.15, 0.2) is 0 Å². The van der Waals surface area contributed by atoms with Gasteiger partial charge in [-0.15, -0.1) is 10.2 Å². The molecule has 20 heavy (non-hydrogen) atoms. The first-order chi connectivity index (χ1) is 9.69. The number of aryl methyl sites for hydroxylation is 1. The zero-order valence-electron chi connectivity index (χ0n) is 11.7. The Morgan fingerprint density at radius 2 is 1.95 bits per heavy atom. The standard InChI is InChI=1S/C13H20N4O2S/c1-2-11-15-16-13(20-11)14-10(18)6-7-12(19)17-8-4-3-5-9-17/h2-9H2,1H3,(H,14,16,18). The lowest BCUT2D eigenvalue weighted by molar-refractivity contribution is -0.133. The van der Waals surface area contributed by atoms with Gasteiger partial charge in [-0.3, -0.25) is 9.59 Å². The molecule has 2 rings (SSSR count). The zero-order chi connectivity index (χ0) is 14.4. The van der Waals surface area contributed by atoms with Gasteiger partial charge in [-0.25, -0.2) is 0 Å². The summed E-state index contributed by atoms with van der Waals surface area (Å²) in [5, 5.41) is 11.9. The number of anilines is 1. The predicted octanol–water partition coefficient (Wildman–Crippen LogP) is 1.83. The van der Waals surface area contributed by atoms with E-state index < -0.39 is 0 Å². The Kier molecular flexibility index (Phi) is 5.46. The van der Waals surface area contributed by atoms with Crippen LogP contribution < -0.4 is 5.32 Å². The van der Waals surface area contributed by atoms with Crippen molar-refractivity contribution in [2.75, 3.05) is 18.4 Å². The predicted molar refractivity (Wildman–Crippen MR) is 77.6 cm³/mol. The van der Waals surface area contributed by atoms with Crippen molar-refractivity contribution in [1.29, 1.82) is 0 Å². The van der Waals surface area contributed by atoms with Gasteiger partial charge >= 0.3 is 0 Å². The first-order valence-corrected chi connectivity index (χ1v) is 7.90. The van der Waals surface area contributed by atoms with Crippen LogP contribution in [0.4, 0.5) is 5.13 Å². The van der Waals surface area contributed by atoms with E-state index in [4.69, 9.17) is 0 Å². The van der Waals surface area contributed by atoms with Gasteiger partial charge in [-0.05, 0) is 25.7 Å². The number of aromatic nitrogens is 2. The highest BCUT2D eigenvalue weighted by molar-refractivity contribution is 7.15. The summed E-state index contributed by atoms with van der Waals surface area (Å²) < 4.78 is 0. The largest absolute Gasteiger partial charge is 0.343 e. The van der Waals surface area contributed by atoms with E-state index in [1.54, 1.807) is 0 Å². The quantitative estimate of drug-likeness (QED) is 0.899. The summed E-state index contributed by atoms with van der Waals surface area (Å²) in [7, 11) is 0. The molecule has 0 bridgehead atoms. The third kappa shape index (κ3) is 4.26. The lowest BCUT2D eigenvalue weighted by atomic mass is 10.1. The van der Waals surface area contributed by atoms with Crippen molar-refractivity contribution in [2.45, 2.75) is 45.4 Å². The molecular formula is C13H20N4O2S. The molecule has 1 aromatic rings. The third-order valence-electron chi connectivity index (χ3n) is 3.29. The van der Waals surface area contributed by atoms with Crippen LogP contribution in [-0.4, -0.2) is 40.0 Å². The molecule has 0 atom stereocenters. The van der Waals surface area contributed by atoms with Crippen molar-refractivity contribution < 1.29 is 9.59 Å².